The monoisotopic (exact) mass is 345 g/mol. The van der Waals surface area contributed by atoms with E-state index in [0.717, 1.165) is 16.5 Å². The second-order valence-electron chi connectivity index (χ2n) is 4.69. The molecule has 0 bridgehead atoms. The smallest absolute Gasteiger partial charge is 0.129 e. The van der Waals surface area contributed by atoms with Gasteiger partial charge in [0.1, 0.15) is 5.82 Å². The summed E-state index contributed by atoms with van der Waals surface area (Å²) in [4.78, 5) is 4.32. The standard InChI is InChI=1S/C16H13BrFN3/c17-12-4-1-5-13(18)15(12)16(21-19)11-7-6-10-3-2-8-20-14(10)9-11/h1-9,16,21H,19H2. The molecule has 0 aliphatic rings. The third-order valence-electron chi connectivity index (χ3n) is 3.42. The lowest BCUT2D eigenvalue weighted by Crippen LogP contribution is -2.29. The van der Waals surface area contributed by atoms with E-state index in [-0.39, 0.29) is 5.82 Å². The highest BCUT2D eigenvalue weighted by molar-refractivity contribution is 9.10. The zero-order valence-electron chi connectivity index (χ0n) is 11.1. The molecule has 0 amide bonds. The molecule has 21 heavy (non-hydrogen) atoms. The van der Waals surface area contributed by atoms with Crippen molar-refractivity contribution in [2.24, 2.45) is 5.84 Å². The van der Waals surface area contributed by atoms with Gasteiger partial charge in [0.05, 0.1) is 11.6 Å². The highest BCUT2D eigenvalue weighted by atomic mass is 79.9. The lowest BCUT2D eigenvalue weighted by Gasteiger charge is -2.19. The Morgan fingerprint density at radius 3 is 2.76 bits per heavy atom. The molecular weight excluding hydrogens is 333 g/mol. The predicted octanol–water partition coefficient (Wildman–Crippen LogP) is 3.69. The Balaban J connectivity index is 2.14. The number of rotatable bonds is 3. The molecule has 1 atom stereocenters. The maximum absolute atomic E-state index is 14.1. The zero-order chi connectivity index (χ0) is 14.8. The molecule has 0 radical (unpaired) electrons. The van der Waals surface area contributed by atoms with Crippen molar-refractivity contribution < 1.29 is 4.39 Å². The van der Waals surface area contributed by atoms with Crippen LogP contribution in [0.15, 0.2) is 59.2 Å². The molecule has 0 saturated heterocycles. The maximum Gasteiger partial charge on any atom is 0.129 e. The third kappa shape index (κ3) is 2.68. The van der Waals surface area contributed by atoms with Crippen LogP contribution < -0.4 is 11.3 Å². The number of pyridine rings is 1. The molecule has 3 aromatic rings. The van der Waals surface area contributed by atoms with Crippen LogP contribution in [0.2, 0.25) is 0 Å². The van der Waals surface area contributed by atoms with Crippen LogP contribution in [-0.2, 0) is 0 Å². The van der Waals surface area contributed by atoms with E-state index in [4.69, 9.17) is 5.84 Å². The van der Waals surface area contributed by atoms with Crippen molar-refractivity contribution in [2.45, 2.75) is 6.04 Å². The van der Waals surface area contributed by atoms with E-state index < -0.39 is 6.04 Å². The zero-order valence-corrected chi connectivity index (χ0v) is 12.6. The van der Waals surface area contributed by atoms with Crippen LogP contribution in [-0.4, -0.2) is 4.98 Å². The van der Waals surface area contributed by atoms with Crippen molar-refractivity contribution in [3.05, 3.63) is 76.1 Å². The number of aromatic nitrogens is 1. The van der Waals surface area contributed by atoms with Gasteiger partial charge in [0.15, 0.2) is 0 Å². The first kappa shape index (κ1) is 14.1. The van der Waals surface area contributed by atoms with Gasteiger partial charge in [-0.2, -0.15) is 0 Å². The van der Waals surface area contributed by atoms with Crippen LogP contribution in [0.1, 0.15) is 17.2 Å². The van der Waals surface area contributed by atoms with Crippen LogP contribution in [0.25, 0.3) is 10.9 Å². The number of nitrogens with zero attached hydrogens (tertiary/aromatic N) is 1. The van der Waals surface area contributed by atoms with E-state index in [9.17, 15) is 4.39 Å². The van der Waals surface area contributed by atoms with E-state index in [1.807, 2.05) is 30.3 Å². The van der Waals surface area contributed by atoms with Gasteiger partial charge in [-0.1, -0.05) is 40.2 Å². The van der Waals surface area contributed by atoms with Crippen molar-refractivity contribution in [3.8, 4) is 0 Å². The molecular formula is C16H13BrFN3. The number of fused-ring (bicyclic) bond motifs is 1. The number of nitrogens with one attached hydrogen (secondary N) is 1. The molecule has 0 saturated carbocycles. The first-order chi connectivity index (χ1) is 10.2. The first-order valence-electron chi connectivity index (χ1n) is 6.45. The van der Waals surface area contributed by atoms with E-state index in [1.165, 1.54) is 6.07 Å². The largest absolute Gasteiger partial charge is 0.271 e. The van der Waals surface area contributed by atoms with Gasteiger partial charge in [-0.15, -0.1) is 0 Å². The fourth-order valence-electron chi connectivity index (χ4n) is 2.40. The van der Waals surface area contributed by atoms with Crippen LogP contribution in [0, 0.1) is 5.82 Å². The van der Waals surface area contributed by atoms with Crippen LogP contribution >= 0.6 is 15.9 Å². The second-order valence-corrected chi connectivity index (χ2v) is 5.54. The van der Waals surface area contributed by atoms with Gasteiger partial charge in [0.2, 0.25) is 0 Å². The van der Waals surface area contributed by atoms with Gasteiger partial charge < -0.3 is 0 Å². The SMILES string of the molecule is NNC(c1ccc2cccnc2c1)c1c(F)cccc1Br. The molecule has 2 aromatic carbocycles. The fraction of sp³-hybridized carbons (Fsp3) is 0.0625. The molecule has 1 heterocycles. The van der Waals surface area contributed by atoms with Crippen LogP contribution in [0.4, 0.5) is 4.39 Å². The summed E-state index contributed by atoms with van der Waals surface area (Å²) in [5.41, 5.74) is 4.87. The Kier molecular flexibility index (Phi) is 3.96. The minimum absolute atomic E-state index is 0.312. The highest BCUT2D eigenvalue weighted by Crippen LogP contribution is 2.31. The average Bonchev–Trinajstić information content (AvgIpc) is 2.50. The summed E-state index contributed by atoms with van der Waals surface area (Å²) < 4.78 is 14.8. The summed E-state index contributed by atoms with van der Waals surface area (Å²) in [7, 11) is 0. The first-order valence-corrected chi connectivity index (χ1v) is 7.24. The van der Waals surface area contributed by atoms with Crippen LogP contribution in [0.3, 0.4) is 0 Å². The van der Waals surface area contributed by atoms with Crippen molar-refractivity contribution in [1.82, 2.24) is 10.4 Å². The molecule has 3 rings (SSSR count). The Morgan fingerprint density at radius 1 is 1.14 bits per heavy atom. The number of hydrogen-bond acceptors (Lipinski definition) is 3. The fourth-order valence-corrected chi connectivity index (χ4v) is 2.97. The summed E-state index contributed by atoms with van der Waals surface area (Å²) in [5.74, 6) is 5.35. The van der Waals surface area contributed by atoms with Gasteiger partial charge >= 0.3 is 0 Å². The number of nitrogens with two attached hydrogens (primary N) is 1. The number of hydrogen-bond donors (Lipinski definition) is 2. The van der Waals surface area contributed by atoms with Gasteiger partial charge in [0, 0.05) is 21.6 Å². The average molecular weight is 346 g/mol. The lowest BCUT2D eigenvalue weighted by atomic mass is 9.97. The molecule has 1 unspecified atom stereocenters. The van der Waals surface area contributed by atoms with Gasteiger partial charge in [-0.25, -0.2) is 9.82 Å². The van der Waals surface area contributed by atoms with E-state index in [2.05, 4.69) is 26.3 Å². The van der Waals surface area contributed by atoms with Crippen LogP contribution in [0.5, 0.6) is 0 Å². The summed E-state index contributed by atoms with van der Waals surface area (Å²) in [5, 5.41) is 1.03. The summed E-state index contributed by atoms with van der Waals surface area (Å²) in [6.07, 6.45) is 1.73. The van der Waals surface area contributed by atoms with Crippen molar-refractivity contribution in [2.75, 3.05) is 0 Å². The number of hydrazine groups is 1. The van der Waals surface area contributed by atoms with E-state index >= 15 is 0 Å². The highest BCUT2D eigenvalue weighted by Gasteiger charge is 2.19. The predicted molar refractivity (Wildman–Crippen MR) is 85.0 cm³/mol. The normalized spacial score (nSPS) is 12.5. The van der Waals surface area contributed by atoms with Crippen molar-refractivity contribution in [1.29, 1.82) is 0 Å². The minimum atomic E-state index is -0.452. The molecule has 3 nitrogen and oxygen atoms in total. The molecule has 0 fully saturated rings. The van der Waals surface area contributed by atoms with E-state index in [0.29, 0.717) is 10.0 Å². The minimum Gasteiger partial charge on any atom is -0.271 e. The molecule has 106 valence electrons. The van der Waals surface area contributed by atoms with Crippen molar-refractivity contribution >= 4 is 26.8 Å². The molecule has 0 aliphatic heterocycles. The quantitative estimate of drug-likeness (QED) is 0.562. The summed E-state index contributed by atoms with van der Waals surface area (Å²) in [6, 6.07) is 14.1. The molecule has 0 aliphatic carbocycles. The van der Waals surface area contributed by atoms with E-state index in [1.54, 1.807) is 18.3 Å². The lowest BCUT2D eigenvalue weighted by molar-refractivity contribution is 0.558. The number of halogens is 2. The Labute approximate surface area is 130 Å². The number of benzene rings is 2. The molecule has 1 aromatic heterocycles. The topological polar surface area (TPSA) is 50.9 Å². The van der Waals surface area contributed by atoms with Gasteiger partial charge in [-0.3, -0.25) is 10.8 Å². The summed E-state index contributed by atoms with van der Waals surface area (Å²) >= 11 is 3.38. The maximum atomic E-state index is 14.1. The molecule has 3 N–H and O–H groups in total. The molecule has 0 spiro atoms. The molecule has 5 heteroatoms. The second kappa shape index (κ2) is 5.89. The van der Waals surface area contributed by atoms with Crippen molar-refractivity contribution in [3.63, 3.8) is 0 Å². The summed E-state index contributed by atoms with van der Waals surface area (Å²) in [6.45, 7) is 0. The van der Waals surface area contributed by atoms with Gasteiger partial charge in [-0.05, 0) is 29.8 Å². The third-order valence-corrected chi connectivity index (χ3v) is 4.11. The Hall–Kier alpha value is -1.82. The van der Waals surface area contributed by atoms with Gasteiger partial charge in [0.25, 0.3) is 0 Å². The Morgan fingerprint density at radius 2 is 2.00 bits per heavy atom. The Bertz CT molecular complexity index is 771.